The molecular weight excluding hydrogens is 493 g/mol. The molecule has 9 nitrogen and oxygen atoms in total. The van der Waals surface area contributed by atoms with Crippen LogP contribution < -0.4 is 9.80 Å². The third-order valence-electron chi connectivity index (χ3n) is 7.42. The fraction of sp³-hybridized carbons (Fsp3) is 0.385. The molecule has 0 amide bonds. The molecule has 1 fully saturated rings. The average Bonchev–Trinajstić information content (AvgIpc) is 3.10. The Morgan fingerprint density at radius 3 is 2.62 bits per heavy atom. The van der Waals surface area contributed by atoms with E-state index in [1.165, 1.54) is 6.26 Å². The van der Waals surface area contributed by atoms with Gasteiger partial charge in [0.15, 0.2) is 0 Å². The Kier molecular flexibility index (Phi) is 5.27. The molecule has 0 aliphatic carbocycles. The van der Waals surface area contributed by atoms with Crippen molar-refractivity contribution in [2.24, 2.45) is 5.92 Å². The van der Waals surface area contributed by atoms with E-state index < -0.39 is 15.8 Å². The molecule has 11 heteroatoms. The van der Waals surface area contributed by atoms with Gasteiger partial charge >= 0.3 is 0 Å². The number of aryl methyl sites for hydroxylation is 1. The number of halogens is 1. The Morgan fingerprint density at radius 1 is 1.14 bits per heavy atom. The Labute approximate surface area is 214 Å². The number of hydrogen-bond donors (Lipinski definition) is 0. The summed E-state index contributed by atoms with van der Waals surface area (Å²) in [4.78, 5) is 17.4. The number of rotatable bonds is 5. The molecule has 0 N–H and O–H groups in total. The van der Waals surface area contributed by atoms with E-state index in [1.807, 2.05) is 12.3 Å². The molecule has 6 rings (SSSR count). The van der Waals surface area contributed by atoms with E-state index in [4.69, 9.17) is 4.98 Å². The third-order valence-corrected chi connectivity index (χ3v) is 8.46. The van der Waals surface area contributed by atoms with Crippen molar-refractivity contribution in [3.05, 3.63) is 53.9 Å². The molecule has 0 saturated carbocycles. The molecule has 4 aromatic rings. The van der Waals surface area contributed by atoms with Crippen LogP contribution in [0.15, 0.2) is 36.7 Å². The normalized spacial score (nSPS) is 18.9. The summed E-state index contributed by atoms with van der Waals surface area (Å²) in [5, 5.41) is 6.29. The lowest BCUT2D eigenvalue weighted by Crippen LogP contribution is -2.57. The van der Waals surface area contributed by atoms with Gasteiger partial charge in [0.2, 0.25) is 5.95 Å². The zero-order chi connectivity index (χ0) is 26.2. The van der Waals surface area contributed by atoms with Crippen LogP contribution in [0.3, 0.4) is 0 Å². The van der Waals surface area contributed by atoms with Crippen LogP contribution in [0.4, 0.5) is 27.4 Å². The number of hydrogen-bond acceptors (Lipinski definition) is 8. The first-order valence-electron chi connectivity index (χ1n) is 12.3. The van der Waals surface area contributed by atoms with E-state index in [-0.39, 0.29) is 29.6 Å². The van der Waals surface area contributed by atoms with Crippen molar-refractivity contribution >= 4 is 43.6 Å². The highest BCUT2D eigenvalue weighted by atomic mass is 32.2. The molecule has 2 aliphatic heterocycles. The zero-order valence-corrected chi connectivity index (χ0v) is 22.2. The molecule has 4 bridgehead atoms. The summed E-state index contributed by atoms with van der Waals surface area (Å²) in [5.74, 6) is 1.21. The molecular formula is C26H28FN7O2S. The number of benzene rings is 1. The summed E-state index contributed by atoms with van der Waals surface area (Å²) < 4.78 is 40.3. The highest BCUT2D eigenvalue weighted by Gasteiger charge is 2.38. The topological polar surface area (TPSA) is 97.1 Å². The summed E-state index contributed by atoms with van der Waals surface area (Å²) in [7, 11) is -3.04. The Hall–Kier alpha value is -3.60. The Balaban J connectivity index is 1.48. The largest absolute Gasteiger partial charge is 0.368 e. The van der Waals surface area contributed by atoms with Crippen LogP contribution in [-0.4, -0.2) is 57.7 Å². The van der Waals surface area contributed by atoms with Crippen molar-refractivity contribution in [3.63, 3.8) is 0 Å². The fourth-order valence-corrected chi connectivity index (χ4v) is 6.65. The van der Waals surface area contributed by atoms with Crippen LogP contribution in [0.5, 0.6) is 0 Å². The average molecular weight is 522 g/mol. The van der Waals surface area contributed by atoms with E-state index >= 15 is 4.39 Å². The molecule has 0 unspecified atom stereocenters. The monoisotopic (exact) mass is 521 g/mol. The van der Waals surface area contributed by atoms with E-state index in [0.717, 1.165) is 26.7 Å². The van der Waals surface area contributed by atoms with Crippen molar-refractivity contribution in [3.8, 4) is 5.95 Å². The molecule has 2 atom stereocenters. The summed E-state index contributed by atoms with van der Waals surface area (Å²) >= 11 is 0. The van der Waals surface area contributed by atoms with Gasteiger partial charge in [-0.3, -0.25) is 4.90 Å². The van der Waals surface area contributed by atoms with Crippen LogP contribution in [0.1, 0.15) is 37.9 Å². The molecule has 0 radical (unpaired) electrons. The van der Waals surface area contributed by atoms with Gasteiger partial charge in [0.25, 0.3) is 5.95 Å². The number of aromatic nitrogens is 5. The maximum absolute atomic E-state index is 15.4. The summed E-state index contributed by atoms with van der Waals surface area (Å²) in [6.45, 7) is 8.77. The van der Waals surface area contributed by atoms with Crippen molar-refractivity contribution in [1.82, 2.24) is 24.7 Å². The Morgan fingerprint density at radius 2 is 1.92 bits per heavy atom. The summed E-state index contributed by atoms with van der Waals surface area (Å²) in [6, 6.07) is 8.03. The number of anilines is 4. The maximum Gasteiger partial charge on any atom is 0.255 e. The second-order valence-electron chi connectivity index (χ2n) is 10.3. The minimum Gasteiger partial charge on any atom is -0.368 e. The molecule has 0 spiro atoms. The second-order valence-corrected chi connectivity index (χ2v) is 12.5. The van der Waals surface area contributed by atoms with Crippen molar-refractivity contribution in [2.45, 2.75) is 39.7 Å². The van der Waals surface area contributed by atoms with Crippen molar-refractivity contribution < 1.29 is 12.8 Å². The van der Waals surface area contributed by atoms with Gasteiger partial charge in [-0.1, -0.05) is 19.9 Å². The minimum atomic E-state index is -3.04. The predicted octanol–water partition coefficient (Wildman–Crippen LogP) is 4.43. The van der Waals surface area contributed by atoms with Gasteiger partial charge in [0.1, 0.15) is 27.2 Å². The summed E-state index contributed by atoms with van der Waals surface area (Å²) in [6.07, 6.45) is 4.70. The molecule has 37 heavy (non-hydrogen) atoms. The lowest BCUT2D eigenvalue weighted by Gasteiger charge is -2.48. The van der Waals surface area contributed by atoms with Gasteiger partial charge in [0, 0.05) is 48.2 Å². The van der Waals surface area contributed by atoms with Crippen molar-refractivity contribution in [1.29, 1.82) is 0 Å². The molecule has 5 heterocycles. The van der Waals surface area contributed by atoms with Gasteiger partial charge < -0.3 is 4.90 Å². The van der Waals surface area contributed by atoms with Gasteiger partial charge in [-0.05, 0) is 48.9 Å². The minimum absolute atomic E-state index is 0.0913. The van der Waals surface area contributed by atoms with Gasteiger partial charge in [-0.15, -0.1) is 0 Å². The van der Waals surface area contributed by atoms with Crippen LogP contribution in [0, 0.1) is 18.8 Å². The highest BCUT2D eigenvalue weighted by molar-refractivity contribution is 7.90. The zero-order valence-electron chi connectivity index (χ0n) is 21.3. The van der Waals surface area contributed by atoms with Crippen molar-refractivity contribution in [2.75, 3.05) is 28.4 Å². The van der Waals surface area contributed by atoms with E-state index in [0.29, 0.717) is 29.6 Å². The van der Waals surface area contributed by atoms with Crippen LogP contribution in [-0.2, 0) is 9.84 Å². The fourth-order valence-electron chi connectivity index (χ4n) is 5.49. The SMILES string of the molecule is Cc1nn2c(F)c1N(c1cc3c(C(C)C)ccc(N4C[C@H](CS(C)(=O)=O)[C@H]4C)c3cn1)c1ccnc-2n1. The first kappa shape index (κ1) is 23.8. The highest BCUT2D eigenvalue weighted by Crippen LogP contribution is 2.43. The van der Waals surface area contributed by atoms with E-state index in [9.17, 15) is 8.42 Å². The Bertz CT molecular complexity index is 1670. The summed E-state index contributed by atoms with van der Waals surface area (Å²) in [5.41, 5.74) is 2.98. The van der Waals surface area contributed by atoms with Crippen LogP contribution >= 0.6 is 0 Å². The third kappa shape index (κ3) is 3.75. The maximum atomic E-state index is 15.4. The number of fused-ring (bicyclic) bond motifs is 6. The lowest BCUT2D eigenvalue weighted by molar-refractivity contribution is 0.342. The number of sulfone groups is 1. The van der Waals surface area contributed by atoms with Gasteiger partial charge in [-0.25, -0.2) is 18.4 Å². The molecule has 1 aromatic carbocycles. The van der Waals surface area contributed by atoms with Gasteiger partial charge in [0.05, 0.1) is 11.4 Å². The first-order chi connectivity index (χ1) is 17.5. The van der Waals surface area contributed by atoms with Gasteiger partial charge in [-0.2, -0.15) is 19.2 Å². The number of nitrogens with zero attached hydrogens (tertiary/aromatic N) is 7. The van der Waals surface area contributed by atoms with E-state index in [1.54, 1.807) is 24.1 Å². The van der Waals surface area contributed by atoms with E-state index in [2.05, 4.69) is 52.9 Å². The molecule has 2 aliphatic rings. The standard InChI is InChI=1S/C26H28FN7O2S/c1-14(2)18-6-7-21(32-12-17(16(32)4)13-37(5,35)36)20-11-29-23(10-19(18)20)33-22-8-9-28-26(30-22)34-25(27)24(33)15(3)31-34/h6-11,14,16-17H,12-13H2,1-5H3/t16-,17-/m1/s1. The smallest absolute Gasteiger partial charge is 0.255 e. The molecule has 192 valence electrons. The molecule has 1 saturated heterocycles. The first-order valence-corrected chi connectivity index (χ1v) is 14.3. The van der Waals surface area contributed by atoms with Crippen LogP contribution in [0.2, 0.25) is 0 Å². The predicted molar refractivity (Wildman–Crippen MR) is 141 cm³/mol. The lowest BCUT2D eigenvalue weighted by atomic mass is 9.88. The second kappa shape index (κ2) is 8.20. The quantitative estimate of drug-likeness (QED) is 0.335. The number of pyridine rings is 1. The van der Waals surface area contributed by atoms with Crippen LogP contribution in [0.25, 0.3) is 16.7 Å². The molecule has 3 aromatic heterocycles.